The van der Waals surface area contributed by atoms with Crippen molar-refractivity contribution in [2.45, 2.75) is 20.8 Å². The number of pyridine rings is 1. The first-order valence-electron chi connectivity index (χ1n) is 6.22. The smallest absolute Gasteiger partial charge is 0.258 e. The SMILES string of the molecule is Cc1ccc2c(n1)C(=Cc1[nH]cc(C)c1C)C(=O)N2. The summed E-state index contributed by atoms with van der Waals surface area (Å²) >= 11 is 0. The van der Waals surface area contributed by atoms with Gasteiger partial charge in [0, 0.05) is 17.6 Å². The Bertz CT molecular complexity index is 710. The van der Waals surface area contributed by atoms with E-state index in [1.807, 2.05) is 45.2 Å². The summed E-state index contributed by atoms with van der Waals surface area (Å²) in [6.07, 6.45) is 3.81. The number of carbonyl (C=O) groups excluding carboxylic acids is 1. The Morgan fingerprint density at radius 3 is 2.68 bits per heavy atom. The minimum atomic E-state index is -0.0975. The average molecular weight is 253 g/mol. The van der Waals surface area contributed by atoms with E-state index < -0.39 is 0 Å². The number of hydrogen-bond donors (Lipinski definition) is 2. The van der Waals surface area contributed by atoms with E-state index >= 15 is 0 Å². The zero-order valence-electron chi connectivity index (χ0n) is 11.2. The summed E-state index contributed by atoms with van der Waals surface area (Å²) in [7, 11) is 0. The van der Waals surface area contributed by atoms with Gasteiger partial charge in [0.2, 0.25) is 0 Å². The van der Waals surface area contributed by atoms with Gasteiger partial charge in [0.15, 0.2) is 0 Å². The molecular formula is C15H15N3O. The molecule has 2 aromatic rings. The molecule has 4 heteroatoms. The van der Waals surface area contributed by atoms with Crippen LogP contribution in [0.2, 0.25) is 0 Å². The molecule has 0 saturated carbocycles. The molecule has 0 saturated heterocycles. The van der Waals surface area contributed by atoms with E-state index in [-0.39, 0.29) is 5.91 Å². The van der Waals surface area contributed by atoms with Gasteiger partial charge < -0.3 is 10.3 Å². The van der Waals surface area contributed by atoms with Crippen LogP contribution in [0.5, 0.6) is 0 Å². The lowest BCUT2D eigenvalue weighted by Crippen LogP contribution is -2.03. The fourth-order valence-electron chi connectivity index (χ4n) is 2.20. The number of carbonyl (C=O) groups is 1. The molecule has 1 amide bonds. The number of nitrogens with zero attached hydrogens (tertiary/aromatic N) is 1. The highest BCUT2D eigenvalue weighted by atomic mass is 16.2. The van der Waals surface area contributed by atoms with Crippen molar-refractivity contribution in [1.29, 1.82) is 0 Å². The van der Waals surface area contributed by atoms with E-state index in [1.165, 1.54) is 5.56 Å². The summed E-state index contributed by atoms with van der Waals surface area (Å²) < 4.78 is 0. The highest BCUT2D eigenvalue weighted by molar-refractivity contribution is 6.34. The molecule has 2 N–H and O–H groups in total. The number of H-pyrrole nitrogens is 1. The largest absolute Gasteiger partial charge is 0.361 e. The van der Waals surface area contributed by atoms with Crippen molar-refractivity contribution < 1.29 is 4.79 Å². The molecule has 0 fully saturated rings. The third-order valence-electron chi connectivity index (χ3n) is 3.51. The van der Waals surface area contributed by atoms with Crippen LogP contribution in [0.15, 0.2) is 18.3 Å². The van der Waals surface area contributed by atoms with Gasteiger partial charge in [0.05, 0.1) is 17.0 Å². The van der Waals surface area contributed by atoms with Crippen LogP contribution in [0.4, 0.5) is 5.69 Å². The van der Waals surface area contributed by atoms with Crippen LogP contribution in [0.25, 0.3) is 11.6 Å². The number of aromatic nitrogens is 2. The third kappa shape index (κ3) is 1.85. The molecule has 2 aromatic heterocycles. The quantitative estimate of drug-likeness (QED) is 0.768. The zero-order chi connectivity index (χ0) is 13.6. The van der Waals surface area contributed by atoms with Crippen molar-refractivity contribution >= 4 is 23.2 Å². The highest BCUT2D eigenvalue weighted by Crippen LogP contribution is 2.32. The molecule has 3 heterocycles. The van der Waals surface area contributed by atoms with Crippen molar-refractivity contribution in [3.05, 3.63) is 46.5 Å². The molecule has 0 aromatic carbocycles. The van der Waals surface area contributed by atoms with E-state index in [2.05, 4.69) is 15.3 Å². The fraction of sp³-hybridized carbons (Fsp3) is 0.200. The van der Waals surface area contributed by atoms with Gasteiger partial charge in [0.1, 0.15) is 0 Å². The van der Waals surface area contributed by atoms with Crippen LogP contribution >= 0.6 is 0 Å². The number of amides is 1. The standard InChI is InChI=1S/C15H15N3O/c1-8-7-16-13(10(8)3)6-11-14-12(18-15(11)19)5-4-9(2)17-14/h4-7,16H,1-3H3,(H,18,19). The van der Waals surface area contributed by atoms with E-state index in [1.54, 1.807) is 0 Å². The van der Waals surface area contributed by atoms with Gasteiger partial charge in [-0.3, -0.25) is 9.78 Å². The summed E-state index contributed by atoms with van der Waals surface area (Å²) in [5.74, 6) is -0.0975. The van der Waals surface area contributed by atoms with Gasteiger partial charge >= 0.3 is 0 Å². The normalized spacial score (nSPS) is 15.7. The van der Waals surface area contributed by atoms with Crippen molar-refractivity contribution in [3.8, 4) is 0 Å². The highest BCUT2D eigenvalue weighted by Gasteiger charge is 2.25. The number of nitrogens with one attached hydrogen (secondary N) is 2. The Labute approximate surface area is 111 Å². The summed E-state index contributed by atoms with van der Waals surface area (Å²) in [5.41, 5.74) is 6.33. The van der Waals surface area contributed by atoms with Crippen molar-refractivity contribution in [2.24, 2.45) is 0 Å². The molecule has 1 aliphatic heterocycles. The molecule has 96 valence electrons. The molecule has 0 spiro atoms. The van der Waals surface area contributed by atoms with E-state index in [9.17, 15) is 4.79 Å². The Hall–Kier alpha value is -2.36. The maximum atomic E-state index is 12.0. The van der Waals surface area contributed by atoms with Gasteiger partial charge in [-0.1, -0.05) is 0 Å². The minimum Gasteiger partial charge on any atom is -0.361 e. The van der Waals surface area contributed by atoms with Crippen LogP contribution < -0.4 is 5.32 Å². The number of anilines is 1. The lowest BCUT2D eigenvalue weighted by Gasteiger charge is -1.99. The predicted molar refractivity (Wildman–Crippen MR) is 75.7 cm³/mol. The molecule has 0 bridgehead atoms. The molecule has 19 heavy (non-hydrogen) atoms. The first-order valence-corrected chi connectivity index (χ1v) is 6.22. The van der Waals surface area contributed by atoms with Crippen LogP contribution in [0, 0.1) is 20.8 Å². The summed E-state index contributed by atoms with van der Waals surface area (Å²) in [5, 5.41) is 2.84. The van der Waals surface area contributed by atoms with Crippen LogP contribution in [-0.2, 0) is 4.79 Å². The van der Waals surface area contributed by atoms with Crippen LogP contribution in [0.3, 0.4) is 0 Å². The zero-order valence-corrected chi connectivity index (χ0v) is 11.2. The van der Waals surface area contributed by atoms with Gasteiger partial charge in [-0.25, -0.2) is 0 Å². The molecule has 3 rings (SSSR count). The Balaban J connectivity index is 2.14. The molecule has 0 aliphatic carbocycles. The monoisotopic (exact) mass is 253 g/mol. The van der Waals surface area contributed by atoms with Crippen LogP contribution in [-0.4, -0.2) is 15.9 Å². The van der Waals surface area contributed by atoms with Crippen molar-refractivity contribution in [2.75, 3.05) is 5.32 Å². The number of fused-ring (bicyclic) bond motifs is 1. The molecule has 0 unspecified atom stereocenters. The number of hydrogen-bond acceptors (Lipinski definition) is 2. The molecule has 0 atom stereocenters. The summed E-state index contributed by atoms with van der Waals surface area (Å²) in [4.78, 5) is 19.7. The molecular weight excluding hydrogens is 238 g/mol. The maximum absolute atomic E-state index is 12.0. The number of rotatable bonds is 1. The second kappa shape index (κ2) is 4.09. The maximum Gasteiger partial charge on any atom is 0.258 e. The number of aromatic amines is 1. The first kappa shape index (κ1) is 11.7. The third-order valence-corrected chi connectivity index (χ3v) is 3.51. The lowest BCUT2D eigenvalue weighted by molar-refractivity contribution is -0.110. The van der Waals surface area contributed by atoms with E-state index in [0.717, 1.165) is 28.3 Å². The second-order valence-corrected chi connectivity index (χ2v) is 4.87. The van der Waals surface area contributed by atoms with Crippen molar-refractivity contribution in [1.82, 2.24) is 9.97 Å². The van der Waals surface area contributed by atoms with E-state index in [0.29, 0.717) is 5.57 Å². The first-order chi connectivity index (χ1) is 9.06. The number of aryl methyl sites for hydroxylation is 2. The molecule has 0 radical (unpaired) electrons. The van der Waals surface area contributed by atoms with Gasteiger partial charge in [-0.15, -0.1) is 0 Å². The second-order valence-electron chi connectivity index (χ2n) is 4.87. The topological polar surface area (TPSA) is 57.8 Å². The van der Waals surface area contributed by atoms with Gasteiger partial charge in [0.25, 0.3) is 5.91 Å². The fourth-order valence-corrected chi connectivity index (χ4v) is 2.20. The van der Waals surface area contributed by atoms with Crippen LogP contribution in [0.1, 0.15) is 28.2 Å². The van der Waals surface area contributed by atoms with Gasteiger partial charge in [-0.2, -0.15) is 0 Å². The Morgan fingerprint density at radius 1 is 1.21 bits per heavy atom. The Kier molecular flexibility index (Phi) is 2.52. The van der Waals surface area contributed by atoms with Gasteiger partial charge in [-0.05, 0) is 50.1 Å². The molecule has 4 nitrogen and oxygen atoms in total. The lowest BCUT2D eigenvalue weighted by atomic mass is 10.1. The Morgan fingerprint density at radius 2 is 2.00 bits per heavy atom. The predicted octanol–water partition coefficient (Wildman–Crippen LogP) is 2.83. The summed E-state index contributed by atoms with van der Waals surface area (Å²) in [6, 6.07) is 3.79. The van der Waals surface area contributed by atoms with Crippen molar-refractivity contribution in [3.63, 3.8) is 0 Å². The van der Waals surface area contributed by atoms with E-state index in [4.69, 9.17) is 0 Å². The minimum absolute atomic E-state index is 0.0975. The summed E-state index contributed by atoms with van der Waals surface area (Å²) in [6.45, 7) is 6.00. The molecule has 1 aliphatic rings. The average Bonchev–Trinajstić information content (AvgIpc) is 2.85.